The fourth-order valence-electron chi connectivity index (χ4n) is 4.31. The van der Waals surface area contributed by atoms with Gasteiger partial charge in [-0.25, -0.2) is 4.68 Å². The minimum Gasteiger partial charge on any atom is -0.492 e. The van der Waals surface area contributed by atoms with E-state index in [0.29, 0.717) is 6.61 Å². The Hall–Kier alpha value is -2.99. The number of nitrogens with zero attached hydrogens (tertiary/aromatic N) is 3. The molecule has 6 heteroatoms. The lowest BCUT2D eigenvalue weighted by atomic mass is 10.2. The van der Waals surface area contributed by atoms with Gasteiger partial charge in [0.1, 0.15) is 12.3 Å². The summed E-state index contributed by atoms with van der Waals surface area (Å²) in [6, 6.07) is 18.1. The van der Waals surface area contributed by atoms with Crippen LogP contribution in [-0.4, -0.2) is 42.1 Å². The minimum absolute atomic E-state index is 0.0952. The maximum absolute atomic E-state index is 13.2. The molecule has 1 N–H and O–H groups in total. The Morgan fingerprint density at radius 2 is 1.67 bits per heavy atom. The molecule has 30 heavy (non-hydrogen) atoms. The predicted molar refractivity (Wildman–Crippen MR) is 120 cm³/mol. The maximum Gasteiger partial charge on any atom is 0.280 e. The molecular weight excluding hydrogens is 376 g/mol. The molecule has 1 aromatic heterocycles. The van der Waals surface area contributed by atoms with E-state index in [0.717, 1.165) is 55.4 Å². The minimum atomic E-state index is 0.0952. The van der Waals surface area contributed by atoms with Crippen molar-refractivity contribution in [2.24, 2.45) is 7.05 Å². The second-order valence-corrected chi connectivity index (χ2v) is 7.85. The highest BCUT2D eigenvalue weighted by molar-refractivity contribution is 5.58. The molecule has 0 radical (unpaired) electrons. The standard InChI is InChI=1S/C24H30N4O2/c1-4-30-23-13-9-8-12-22(23)27-16-14-26(15-17-27)18-21-19(2)25(3)28(24(21)29)20-10-6-5-7-11-20/h5-13H,4,14-18H2,1-3H3/p+1. The Morgan fingerprint density at radius 1 is 1.00 bits per heavy atom. The normalized spacial score (nSPS) is 14.8. The van der Waals surface area contributed by atoms with Crippen molar-refractivity contribution in [3.8, 4) is 11.4 Å². The number of piperazine rings is 1. The van der Waals surface area contributed by atoms with E-state index in [-0.39, 0.29) is 5.56 Å². The highest BCUT2D eigenvalue weighted by atomic mass is 16.5. The lowest BCUT2D eigenvalue weighted by Crippen LogP contribution is -3.13. The first-order chi connectivity index (χ1) is 14.6. The largest absolute Gasteiger partial charge is 0.492 e. The van der Waals surface area contributed by atoms with Crippen LogP contribution in [0.1, 0.15) is 18.2 Å². The summed E-state index contributed by atoms with van der Waals surface area (Å²) in [6.07, 6.45) is 0. The summed E-state index contributed by atoms with van der Waals surface area (Å²) in [6.45, 7) is 9.41. The van der Waals surface area contributed by atoms with Crippen molar-refractivity contribution in [1.82, 2.24) is 9.36 Å². The van der Waals surface area contributed by atoms with Gasteiger partial charge in [-0.3, -0.25) is 9.48 Å². The molecule has 0 saturated carbocycles. The van der Waals surface area contributed by atoms with Crippen LogP contribution in [0.3, 0.4) is 0 Å². The van der Waals surface area contributed by atoms with E-state index in [9.17, 15) is 4.79 Å². The number of ether oxygens (including phenoxy) is 1. The van der Waals surface area contributed by atoms with Gasteiger partial charge < -0.3 is 14.5 Å². The van der Waals surface area contributed by atoms with Gasteiger partial charge in [0.25, 0.3) is 5.56 Å². The van der Waals surface area contributed by atoms with Gasteiger partial charge in [-0.15, -0.1) is 0 Å². The number of aromatic nitrogens is 2. The van der Waals surface area contributed by atoms with Crippen molar-refractivity contribution in [1.29, 1.82) is 0 Å². The van der Waals surface area contributed by atoms with Gasteiger partial charge in [-0.05, 0) is 38.1 Å². The number of hydrogen-bond acceptors (Lipinski definition) is 3. The topological polar surface area (TPSA) is 43.8 Å². The third-order valence-corrected chi connectivity index (χ3v) is 6.08. The van der Waals surface area contributed by atoms with Crippen molar-refractivity contribution in [2.75, 3.05) is 37.7 Å². The quantitative estimate of drug-likeness (QED) is 0.678. The first-order valence-corrected chi connectivity index (χ1v) is 10.7. The number of hydrogen-bond donors (Lipinski definition) is 1. The van der Waals surface area contributed by atoms with E-state index in [2.05, 4.69) is 17.0 Å². The summed E-state index contributed by atoms with van der Waals surface area (Å²) < 4.78 is 9.56. The summed E-state index contributed by atoms with van der Waals surface area (Å²) in [4.78, 5) is 17.0. The Morgan fingerprint density at radius 3 is 2.37 bits per heavy atom. The van der Waals surface area contributed by atoms with Gasteiger partial charge in [0.2, 0.25) is 0 Å². The summed E-state index contributed by atoms with van der Waals surface area (Å²) in [5, 5.41) is 0. The highest BCUT2D eigenvalue weighted by Crippen LogP contribution is 2.27. The molecule has 1 saturated heterocycles. The Bertz CT molecular complexity index is 1050. The number of anilines is 1. The van der Waals surface area contributed by atoms with Crippen molar-refractivity contribution in [2.45, 2.75) is 20.4 Å². The third-order valence-electron chi connectivity index (χ3n) is 6.08. The Labute approximate surface area is 177 Å². The zero-order valence-electron chi connectivity index (χ0n) is 18.1. The lowest BCUT2D eigenvalue weighted by molar-refractivity contribution is -0.914. The average Bonchev–Trinajstić information content (AvgIpc) is 2.99. The monoisotopic (exact) mass is 407 g/mol. The zero-order chi connectivity index (χ0) is 21.1. The number of nitrogens with one attached hydrogen (secondary N) is 1. The fourth-order valence-corrected chi connectivity index (χ4v) is 4.31. The van der Waals surface area contributed by atoms with Crippen molar-refractivity contribution < 1.29 is 9.64 Å². The van der Waals surface area contributed by atoms with Gasteiger partial charge in [-0.1, -0.05) is 30.3 Å². The molecule has 6 nitrogen and oxygen atoms in total. The van der Waals surface area contributed by atoms with Crippen LogP contribution in [0.15, 0.2) is 59.4 Å². The highest BCUT2D eigenvalue weighted by Gasteiger charge is 2.25. The van der Waals surface area contributed by atoms with E-state index in [1.807, 2.05) is 68.0 Å². The molecule has 4 rings (SSSR count). The van der Waals surface area contributed by atoms with E-state index in [1.165, 1.54) is 10.6 Å². The van der Waals surface area contributed by atoms with E-state index >= 15 is 0 Å². The van der Waals surface area contributed by atoms with Crippen LogP contribution in [-0.2, 0) is 13.6 Å². The first kappa shape index (κ1) is 20.3. The number of rotatable bonds is 6. The van der Waals surface area contributed by atoms with E-state index < -0.39 is 0 Å². The third kappa shape index (κ3) is 3.87. The number of para-hydroxylation sites is 3. The SMILES string of the molecule is CCOc1ccccc1N1CC[NH+](Cc2c(C)n(C)n(-c3ccccc3)c2=O)CC1. The summed E-state index contributed by atoms with van der Waals surface area (Å²) in [7, 11) is 1.96. The van der Waals surface area contributed by atoms with Crippen LogP contribution >= 0.6 is 0 Å². The van der Waals surface area contributed by atoms with Crippen molar-refractivity contribution >= 4 is 5.69 Å². The molecule has 0 amide bonds. The molecule has 0 bridgehead atoms. The molecule has 158 valence electrons. The average molecular weight is 408 g/mol. The van der Waals surface area contributed by atoms with Crippen LogP contribution in [0.5, 0.6) is 5.75 Å². The van der Waals surface area contributed by atoms with Crippen LogP contribution < -0.4 is 20.1 Å². The molecule has 1 fully saturated rings. The number of quaternary nitrogens is 1. The molecule has 0 atom stereocenters. The second kappa shape index (κ2) is 8.79. The molecule has 0 unspecified atom stereocenters. The molecule has 1 aliphatic heterocycles. The predicted octanol–water partition coefficient (Wildman–Crippen LogP) is 1.79. The zero-order valence-corrected chi connectivity index (χ0v) is 18.1. The first-order valence-electron chi connectivity index (χ1n) is 10.7. The Kier molecular flexibility index (Phi) is 5.95. The van der Waals surface area contributed by atoms with Gasteiger partial charge in [0.05, 0.1) is 49.7 Å². The van der Waals surface area contributed by atoms with Gasteiger partial charge in [0, 0.05) is 12.7 Å². The molecule has 0 aliphatic carbocycles. The fraction of sp³-hybridized carbons (Fsp3) is 0.375. The Balaban J connectivity index is 1.48. The molecule has 3 aromatic rings. The van der Waals surface area contributed by atoms with Gasteiger partial charge >= 0.3 is 0 Å². The van der Waals surface area contributed by atoms with Gasteiger partial charge in [-0.2, -0.15) is 0 Å². The maximum atomic E-state index is 13.2. The van der Waals surface area contributed by atoms with Crippen LogP contribution in [0, 0.1) is 6.92 Å². The summed E-state index contributed by atoms with van der Waals surface area (Å²) in [5.74, 6) is 0.952. The van der Waals surface area contributed by atoms with E-state index in [4.69, 9.17) is 4.74 Å². The smallest absolute Gasteiger partial charge is 0.280 e. The number of benzene rings is 2. The molecule has 1 aliphatic rings. The summed E-state index contributed by atoms with van der Waals surface area (Å²) >= 11 is 0. The summed E-state index contributed by atoms with van der Waals surface area (Å²) in [5.41, 5.74) is 4.13. The van der Waals surface area contributed by atoms with Crippen LogP contribution in [0.4, 0.5) is 5.69 Å². The molecule has 0 spiro atoms. The van der Waals surface area contributed by atoms with Crippen molar-refractivity contribution in [3.05, 3.63) is 76.2 Å². The van der Waals surface area contributed by atoms with E-state index in [1.54, 1.807) is 4.68 Å². The van der Waals surface area contributed by atoms with Crippen LogP contribution in [0.2, 0.25) is 0 Å². The molecule has 2 heterocycles. The molecule has 2 aromatic carbocycles. The van der Waals surface area contributed by atoms with Crippen LogP contribution in [0.25, 0.3) is 5.69 Å². The van der Waals surface area contributed by atoms with Crippen molar-refractivity contribution in [3.63, 3.8) is 0 Å². The molecular formula is C24H31N4O2+. The lowest BCUT2D eigenvalue weighted by Gasteiger charge is -2.34. The van der Waals surface area contributed by atoms with Gasteiger partial charge in [0.15, 0.2) is 0 Å². The second-order valence-electron chi connectivity index (χ2n) is 7.85.